The first-order valence-electron chi connectivity index (χ1n) is 7.87. The molecule has 0 spiro atoms. The van der Waals surface area contributed by atoms with Crippen LogP contribution in [-0.4, -0.2) is 35.2 Å². The molecular weight excluding hydrogens is 290 g/mol. The van der Waals surface area contributed by atoms with Gasteiger partial charge in [0.15, 0.2) is 0 Å². The Morgan fingerprint density at radius 3 is 2.35 bits per heavy atom. The topological polar surface area (TPSA) is 49.8 Å². The van der Waals surface area contributed by atoms with E-state index in [2.05, 4.69) is 0 Å². The average molecular weight is 311 g/mol. The molecular formula is C19H21NO3. The lowest BCUT2D eigenvalue weighted by Gasteiger charge is -2.40. The van der Waals surface area contributed by atoms with Crippen LogP contribution in [0.2, 0.25) is 0 Å². The molecule has 1 amide bonds. The van der Waals surface area contributed by atoms with Gasteiger partial charge in [-0.05, 0) is 18.1 Å². The molecule has 4 nitrogen and oxygen atoms in total. The number of aliphatic hydroxyl groups excluding tert-OH is 1. The second kappa shape index (κ2) is 6.94. The summed E-state index contributed by atoms with van der Waals surface area (Å²) in [6, 6.07) is 19.2. The molecule has 0 bridgehead atoms. The number of aliphatic hydroxyl groups is 1. The summed E-state index contributed by atoms with van der Waals surface area (Å²) >= 11 is 0. The molecule has 1 aliphatic rings. The number of carbonyl (C=O) groups excluding carboxylic acids is 1. The SMILES string of the molecule is C[C@H]1O[C@H](c2ccccc2)CN([C@@H](CO)c2ccccc2)C1=O. The van der Waals surface area contributed by atoms with E-state index in [-0.39, 0.29) is 24.7 Å². The molecule has 1 saturated heterocycles. The summed E-state index contributed by atoms with van der Waals surface area (Å²) in [5.41, 5.74) is 1.98. The minimum absolute atomic E-state index is 0.0833. The highest BCUT2D eigenvalue weighted by molar-refractivity contribution is 5.81. The zero-order chi connectivity index (χ0) is 16.2. The molecule has 23 heavy (non-hydrogen) atoms. The van der Waals surface area contributed by atoms with Crippen molar-refractivity contribution in [3.05, 3.63) is 71.8 Å². The van der Waals surface area contributed by atoms with E-state index in [9.17, 15) is 9.90 Å². The van der Waals surface area contributed by atoms with Crippen molar-refractivity contribution >= 4 is 5.91 Å². The standard InChI is InChI=1S/C19H21NO3/c1-14-19(22)20(17(13-21)15-8-4-2-5-9-15)12-18(23-14)16-10-6-3-7-11-16/h2-11,14,17-18,21H,12-13H2,1H3/t14-,17+,18+/m1/s1. The normalized spacial score (nSPS) is 22.9. The summed E-state index contributed by atoms with van der Waals surface area (Å²) in [6.45, 7) is 2.10. The largest absolute Gasteiger partial charge is 0.394 e. The molecule has 0 radical (unpaired) electrons. The smallest absolute Gasteiger partial charge is 0.252 e. The molecule has 0 aliphatic carbocycles. The first kappa shape index (κ1) is 15.7. The van der Waals surface area contributed by atoms with E-state index in [0.29, 0.717) is 6.54 Å². The van der Waals surface area contributed by atoms with Gasteiger partial charge in [-0.15, -0.1) is 0 Å². The molecule has 0 unspecified atom stereocenters. The third-order valence-electron chi connectivity index (χ3n) is 4.27. The summed E-state index contributed by atoms with van der Waals surface area (Å²) in [5.74, 6) is -0.0833. The van der Waals surface area contributed by atoms with Gasteiger partial charge in [-0.3, -0.25) is 4.79 Å². The van der Waals surface area contributed by atoms with Crippen LogP contribution in [0.15, 0.2) is 60.7 Å². The summed E-state index contributed by atoms with van der Waals surface area (Å²) in [6.07, 6.45) is -0.701. The number of nitrogens with zero attached hydrogens (tertiary/aromatic N) is 1. The van der Waals surface area contributed by atoms with E-state index in [4.69, 9.17) is 4.74 Å². The first-order chi connectivity index (χ1) is 11.2. The van der Waals surface area contributed by atoms with Gasteiger partial charge in [-0.25, -0.2) is 0 Å². The minimum atomic E-state index is -0.522. The van der Waals surface area contributed by atoms with Gasteiger partial charge in [0.25, 0.3) is 5.91 Å². The maximum atomic E-state index is 12.6. The van der Waals surface area contributed by atoms with Crippen LogP contribution >= 0.6 is 0 Å². The number of hydrogen-bond donors (Lipinski definition) is 1. The van der Waals surface area contributed by atoms with Gasteiger partial charge in [-0.1, -0.05) is 60.7 Å². The van der Waals surface area contributed by atoms with Crippen molar-refractivity contribution in [3.63, 3.8) is 0 Å². The summed E-state index contributed by atoms with van der Waals surface area (Å²) < 4.78 is 5.87. The lowest BCUT2D eigenvalue weighted by Crippen LogP contribution is -2.50. The Morgan fingerprint density at radius 1 is 1.13 bits per heavy atom. The van der Waals surface area contributed by atoms with Gasteiger partial charge in [0, 0.05) is 0 Å². The molecule has 0 aromatic heterocycles. The predicted molar refractivity (Wildman–Crippen MR) is 87.7 cm³/mol. The summed E-state index contributed by atoms with van der Waals surface area (Å²) in [7, 11) is 0. The van der Waals surface area contributed by atoms with Crippen LogP contribution < -0.4 is 0 Å². The number of ether oxygens (including phenoxy) is 1. The van der Waals surface area contributed by atoms with Gasteiger partial charge >= 0.3 is 0 Å². The van der Waals surface area contributed by atoms with Gasteiger partial charge < -0.3 is 14.7 Å². The number of amides is 1. The Kier molecular flexibility index (Phi) is 4.74. The average Bonchev–Trinajstić information content (AvgIpc) is 2.61. The Morgan fingerprint density at radius 2 is 1.74 bits per heavy atom. The van der Waals surface area contributed by atoms with Crippen LogP contribution in [0.25, 0.3) is 0 Å². The highest BCUT2D eigenvalue weighted by Gasteiger charge is 2.37. The maximum absolute atomic E-state index is 12.6. The van der Waals surface area contributed by atoms with Crippen molar-refractivity contribution in [2.75, 3.05) is 13.2 Å². The molecule has 1 fully saturated rings. The van der Waals surface area contributed by atoms with E-state index >= 15 is 0 Å². The van der Waals surface area contributed by atoms with E-state index in [1.165, 1.54) is 0 Å². The van der Waals surface area contributed by atoms with Gasteiger partial charge in [0.05, 0.1) is 19.2 Å². The predicted octanol–water partition coefficient (Wildman–Crippen LogP) is 2.71. The quantitative estimate of drug-likeness (QED) is 0.944. The molecule has 2 aromatic rings. The van der Waals surface area contributed by atoms with Crippen molar-refractivity contribution in [1.82, 2.24) is 4.90 Å². The summed E-state index contributed by atoms with van der Waals surface area (Å²) in [5, 5.41) is 9.86. The van der Waals surface area contributed by atoms with Crippen molar-refractivity contribution in [3.8, 4) is 0 Å². The third kappa shape index (κ3) is 3.28. The number of benzene rings is 2. The highest BCUT2D eigenvalue weighted by Crippen LogP contribution is 2.31. The Labute approximate surface area is 136 Å². The van der Waals surface area contributed by atoms with Gasteiger partial charge in [-0.2, -0.15) is 0 Å². The Balaban J connectivity index is 1.88. The van der Waals surface area contributed by atoms with Crippen LogP contribution in [0.1, 0.15) is 30.2 Å². The lowest BCUT2D eigenvalue weighted by atomic mass is 10.0. The summed E-state index contributed by atoms with van der Waals surface area (Å²) in [4.78, 5) is 14.3. The van der Waals surface area contributed by atoms with Crippen molar-refractivity contribution in [2.24, 2.45) is 0 Å². The second-order valence-corrected chi connectivity index (χ2v) is 5.78. The first-order valence-corrected chi connectivity index (χ1v) is 7.87. The number of rotatable bonds is 4. The fourth-order valence-electron chi connectivity index (χ4n) is 3.04. The molecule has 2 aromatic carbocycles. The monoisotopic (exact) mass is 311 g/mol. The van der Waals surface area contributed by atoms with Crippen molar-refractivity contribution < 1.29 is 14.6 Å². The Bertz CT molecular complexity index is 644. The molecule has 4 heteroatoms. The molecule has 1 N–H and O–H groups in total. The molecule has 1 heterocycles. The number of carbonyl (C=O) groups is 1. The van der Waals surface area contributed by atoms with Gasteiger partial charge in [0.2, 0.25) is 0 Å². The minimum Gasteiger partial charge on any atom is -0.394 e. The van der Waals surface area contributed by atoms with Gasteiger partial charge in [0.1, 0.15) is 12.2 Å². The number of hydrogen-bond acceptors (Lipinski definition) is 3. The zero-order valence-corrected chi connectivity index (χ0v) is 13.1. The van der Waals surface area contributed by atoms with Crippen LogP contribution in [-0.2, 0) is 9.53 Å². The van der Waals surface area contributed by atoms with Crippen molar-refractivity contribution in [1.29, 1.82) is 0 Å². The molecule has 1 aliphatic heterocycles. The molecule has 3 rings (SSSR count). The van der Waals surface area contributed by atoms with E-state index < -0.39 is 6.10 Å². The fourth-order valence-corrected chi connectivity index (χ4v) is 3.04. The molecule has 120 valence electrons. The van der Waals surface area contributed by atoms with E-state index in [1.54, 1.807) is 11.8 Å². The van der Waals surface area contributed by atoms with Crippen LogP contribution in [0, 0.1) is 0 Å². The van der Waals surface area contributed by atoms with Crippen LogP contribution in [0.4, 0.5) is 0 Å². The highest BCUT2D eigenvalue weighted by atomic mass is 16.5. The fraction of sp³-hybridized carbons (Fsp3) is 0.316. The molecule has 0 saturated carbocycles. The second-order valence-electron chi connectivity index (χ2n) is 5.78. The molecule has 3 atom stereocenters. The number of morpholine rings is 1. The zero-order valence-electron chi connectivity index (χ0n) is 13.1. The maximum Gasteiger partial charge on any atom is 0.252 e. The Hall–Kier alpha value is -2.17. The van der Waals surface area contributed by atoms with Crippen LogP contribution in [0.5, 0.6) is 0 Å². The van der Waals surface area contributed by atoms with Crippen molar-refractivity contribution in [2.45, 2.75) is 25.2 Å². The van der Waals surface area contributed by atoms with E-state index in [0.717, 1.165) is 11.1 Å². The van der Waals surface area contributed by atoms with Crippen LogP contribution in [0.3, 0.4) is 0 Å². The third-order valence-corrected chi connectivity index (χ3v) is 4.27. The lowest BCUT2D eigenvalue weighted by molar-refractivity contribution is -0.166. The van der Waals surface area contributed by atoms with E-state index in [1.807, 2.05) is 60.7 Å².